The van der Waals surface area contributed by atoms with Crippen molar-refractivity contribution in [2.24, 2.45) is 0 Å². The molecule has 0 unspecified atom stereocenters. The number of hydrogen-bond acceptors (Lipinski definition) is 5. The van der Waals surface area contributed by atoms with Crippen molar-refractivity contribution in [3.8, 4) is 5.88 Å². The molecule has 0 radical (unpaired) electrons. The highest BCUT2D eigenvalue weighted by molar-refractivity contribution is 7.99. The second kappa shape index (κ2) is 9.03. The number of piperidine rings is 1. The fourth-order valence-electron chi connectivity index (χ4n) is 2.98. The summed E-state index contributed by atoms with van der Waals surface area (Å²) in [6.45, 7) is 5.82. The van der Waals surface area contributed by atoms with Crippen molar-refractivity contribution in [1.82, 2.24) is 14.9 Å². The van der Waals surface area contributed by atoms with Gasteiger partial charge in [0.25, 0.3) is 0 Å². The van der Waals surface area contributed by atoms with Gasteiger partial charge in [-0.2, -0.15) is 0 Å². The molecule has 0 N–H and O–H groups in total. The van der Waals surface area contributed by atoms with Crippen LogP contribution < -0.4 is 4.74 Å². The van der Waals surface area contributed by atoms with Crippen molar-refractivity contribution in [3.63, 3.8) is 0 Å². The minimum absolute atomic E-state index is 0.100. The summed E-state index contributed by atoms with van der Waals surface area (Å²) in [6, 6.07) is 8.33. The van der Waals surface area contributed by atoms with Crippen LogP contribution in [0.25, 0.3) is 0 Å². The van der Waals surface area contributed by atoms with E-state index in [0.717, 1.165) is 31.5 Å². The van der Waals surface area contributed by atoms with Crippen LogP contribution in [0.1, 0.15) is 32.3 Å². The van der Waals surface area contributed by atoms with Gasteiger partial charge in [0, 0.05) is 48.5 Å². The first-order valence-electron chi connectivity index (χ1n) is 9.06. The van der Waals surface area contributed by atoms with E-state index in [9.17, 15) is 4.79 Å². The Labute approximate surface area is 159 Å². The summed E-state index contributed by atoms with van der Waals surface area (Å²) < 4.78 is 5.83. The Bertz CT molecular complexity index is 699. The minimum Gasteiger partial charge on any atom is -0.473 e. The topological polar surface area (TPSA) is 55.3 Å². The van der Waals surface area contributed by atoms with Crippen LogP contribution in [0.5, 0.6) is 5.88 Å². The number of amides is 1. The second-order valence-electron chi connectivity index (χ2n) is 6.73. The fraction of sp³-hybridized carbons (Fsp3) is 0.450. The molecule has 1 amide bonds. The third-order valence-corrected chi connectivity index (χ3v) is 5.29. The summed E-state index contributed by atoms with van der Waals surface area (Å²) in [7, 11) is 0. The van der Waals surface area contributed by atoms with E-state index < -0.39 is 0 Å². The monoisotopic (exact) mass is 371 g/mol. The molecule has 138 valence electrons. The highest BCUT2D eigenvalue weighted by Crippen LogP contribution is 2.23. The molecule has 0 atom stereocenters. The molecule has 0 aliphatic carbocycles. The predicted molar refractivity (Wildman–Crippen MR) is 103 cm³/mol. The molecule has 5 nitrogen and oxygen atoms in total. The molecule has 1 fully saturated rings. The SMILES string of the molecule is CC(C)Sc1ccc(CC(=O)N2CCC(Oc3cnccn3)CC2)cc1. The highest BCUT2D eigenvalue weighted by atomic mass is 32.2. The summed E-state index contributed by atoms with van der Waals surface area (Å²) >= 11 is 1.84. The van der Waals surface area contributed by atoms with Crippen molar-refractivity contribution in [2.45, 2.75) is 49.4 Å². The Balaban J connectivity index is 1.46. The first-order chi connectivity index (χ1) is 12.6. The van der Waals surface area contributed by atoms with Gasteiger partial charge in [-0.25, -0.2) is 4.98 Å². The summed E-state index contributed by atoms with van der Waals surface area (Å²) in [5.41, 5.74) is 1.07. The number of nitrogens with zero attached hydrogens (tertiary/aromatic N) is 3. The molecule has 26 heavy (non-hydrogen) atoms. The van der Waals surface area contributed by atoms with Crippen LogP contribution in [0.2, 0.25) is 0 Å². The Kier molecular flexibility index (Phi) is 6.50. The molecule has 1 aliphatic rings. The molecule has 0 spiro atoms. The molecule has 6 heteroatoms. The van der Waals surface area contributed by atoms with Gasteiger partial charge in [-0.3, -0.25) is 9.78 Å². The Morgan fingerprint density at radius 2 is 1.96 bits per heavy atom. The lowest BCUT2D eigenvalue weighted by Gasteiger charge is -2.32. The van der Waals surface area contributed by atoms with Gasteiger partial charge in [0.1, 0.15) is 6.10 Å². The van der Waals surface area contributed by atoms with E-state index in [2.05, 4.69) is 48.1 Å². The number of aromatic nitrogens is 2. The Hall–Kier alpha value is -2.08. The fourth-order valence-corrected chi connectivity index (χ4v) is 3.82. The third-order valence-electron chi connectivity index (χ3n) is 4.27. The van der Waals surface area contributed by atoms with Crippen molar-refractivity contribution >= 4 is 17.7 Å². The van der Waals surface area contributed by atoms with Crippen molar-refractivity contribution in [2.75, 3.05) is 13.1 Å². The molecule has 2 aromatic rings. The lowest BCUT2D eigenvalue weighted by atomic mass is 10.1. The van der Waals surface area contributed by atoms with E-state index in [1.807, 2.05) is 16.7 Å². The van der Waals surface area contributed by atoms with Gasteiger partial charge in [-0.05, 0) is 17.7 Å². The van der Waals surface area contributed by atoms with Crippen LogP contribution in [0.3, 0.4) is 0 Å². The summed E-state index contributed by atoms with van der Waals surface area (Å²) in [6.07, 6.45) is 7.09. The largest absolute Gasteiger partial charge is 0.473 e. The van der Waals surface area contributed by atoms with E-state index in [1.165, 1.54) is 4.90 Å². The van der Waals surface area contributed by atoms with Crippen LogP contribution in [0.4, 0.5) is 0 Å². The Morgan fingerprint density at radius 1 is 1.23 bits per heavy atom. The number of carbonyl (C=O) groups is 1. The summed E-state index contributed by atoms with van der Waals surface area (Å²) in [5.74, 6) is 0.740. The zero-order valence-electron chi connectivity index (χ0n) is 15.3. The lowest BCUT2D eigenvalue weighted by molar-refractivity contribution is -0.132. The van der Waals surface area contributed by atoms with Crippen LogP contribution in [0.15, 0.2) is 47.8 Å². The van der Waals surface area contributed by atoms with Crippen molar-refractivity contribution in [1.29, 1.82) is 0 Å². The zero-order valence-corrected chi connectivity index (χ0v) is 16.1. The maximum Gasteiger partial charge on any atom is 0.232 e. The number of rotatable bonds is 6. The predicted octanol–water partition coefficient (Wildman–Crippen LogP) is 3.59. The van der Waals surface area contributed by atoms with Crippen LogP contribution in [0, 0.1) is 0 Å². The van der Waals surface area contributed by atoms with Gasteiger partial charge in [0.2, 0.25) is 11.8 Å². The zero-order chi connectivity index (χ0) is 18.4. The van der Waals surface area contributed by atoms with Gasteiger partial charge in [-0.1, -0.05) is 26.0 Å². The minimum atomic E-state index is 0.100. The second-order valence-corrected chi connectivity index (χ2v) is 8.38. The van der Waals surface area contributed by atoms with Crippen LogP contribution in [-0.2, 0) is 11.2 Å². The number of likely N-dealkylation sites (tertiary alicyclic amines) is 1. The number of benzene rings is 1. The smallest absolute Gasteiger partial charge is 0.232 e. The van der Waals surface area contributed by atoms with E-state index in [1.54, 1.807) is 18.6 Å². The maximum absolute atomic E-state index is 12.6. The normalized spacial score (nSPS) is 15.3. The average molecular weight is 372 g/mol. The molecule has 1 saturated heterocycles. The lowest BCUT2D eigenvalue weighted by Crippen LogP contribution is -2.42. The maximum atomic E-state index is 12.6. The van der Waals surface area contributed by atoms with Crippen LogP contribution in [-0.4, -0.2) is 45.2 Å². The number of carbonyl (C=O) groups excluding carboxylic acids is 1. The molecule has 0 bridgehead atoms. The van der Waals surface area contributed by atoms with Gasteiger partial charge in [0.05, 0.1) is 12.6 Å². The van der Waals surface area contributed by atoms with E-state index in [4.69, 9.17) is 4.74 Å². The molecule has 0 saturated carbocycles. The van der Waals surface area contributed by atoms with Crippen molar-refractivity contribution < 1.29 is 9.53 Å². The molecule has 2 heterocycles. The number of thioether (sulfide) groups is 1. The van der Waals surface area contributed by atoms with E-state index in [-0.39, 0.29) is 12.0 Å². The molecular weight excluding hydrogens is 346 g/mol. The third kappa shape index (κ3) is 5.46. The van der Waals surface area contributed by atoms with E-state index >= 15 is 0 Å². The van der Waals surface area contributed by atoms with Gasteiger partial charge in [0.15, 0.2) is 0 Å². The molecule has 1 aromatic heterocycles. The average Bonchev–Trinajstić information content (AvgIpc) is 2.64. The van der Waals surface area contributed by atoms with Crippen molar-refractivity contribution in [3.05, 3.63) is 48.4 Å². The molecule has 3 rings (SSSR count). The Morgan fingerprint density at radius 3 is 2.58 bits per heavy atom. The van der Waals surface area contributed by atoms with Gasteiger partial charge in [-0.15, -0.1) is 11.8 Å². The summed E-state index contributed by atoms with van der Waals surface area (Å²) in [4.78, 5) is 23.9. The van der Waals surface area contributed by atoms with E-state index in [0.29, 0.717) is 17.6 Å². The van der Waals surface area contributed by atoms with Gasteiger partial charge >= 0.3 is 0 Å². The first-order valence-corrected chi connectivity index (χ1v) is 9.94. The summed E-state index contributed by atoms with van der Waals surface area (Å²) in [5, 5.41) is 0.563. The molecule has 1 aliphatic heterocycles. The number of ether oxygens (including phenoxy) is 1. The number of hydrogen-bond donors (Lipinski definition) is 0. The first kappa shape index (κ1) is 18.7. The molecule has 1 aromatic carbocycles. The quantitative estimate of drug-likeness (QED) is 0.727. The van der Waals surface area contributed by atoms with Crippen LogP contribution >= 0.6 is 11.8 Å². The highest BCUT2D eigenvalue weighted by Gasteiger charge is 2.24. The van der Waals surface area contributed by atoms with Gasteiger partial charge < -0.3 is 9.64 Å². The molecular formula is C20H25N3O2S. The standard InChI is InChI=1S/C20H25N3O2S/c1-15(2)26-18-5-3-16(4-6-18)13-20(24)23-11-7-17(8-12-23)25-19-14-21-9-10-22-19/h3-6,9-10,14-15,17H,7-8,11-13H2,1-2H3.